The number of aryl methyl sites for hydroxylation is 4. The fraction of sp³-hybridized carbons (Fsp3) is 0.319. The molecule has 0 nitrogen and oxygen atoms in total. The first-order chi connectivity index (χ1) is 23.9. The largest absolute Gasteiger partial charge is 0.242 e. The van der Waals surface area contributed by atoms with E-state index in [-0.39, 0.29) is 18.0 Å². The maximum absolute atomic E-state index is 2.63. The van der Waals surface area contributed by atoms with Crippen LogP contribution in [-0.4, -0.2) is 6.71 Å². The molecule has 49 heavy (non-hydrogen) atoms. The van der Waals surface area contributed by atoms with Gasteiger partial charge in [-0.2, -0.15) is 0 Å². The third kappa shape index (κ3) is 4.92. The molecule has 0 bridgehead atoms. The summed E-state index contributed by atoms with van der Waals surface area (Å²) in [4.78, 5) is 1.48. The lowest BCUT2D eigenvalue weighted by Crippen LogP contribution is -2.64. The monoisotopic (exact) mass is 654 g/mol. The molecule has 5 aromatic carbocycles. The Kier molecular flexibility index (Phi) is 7.55. The molecule has 0 amide bonds. The topological polar surface area (TPSA) is 0 Å². The van der Waals surface area contributed by atoms with Crippen LogP contribution in [0.1, 0.15) is 114 Å². The fourth-order valence-corrected chi connectivity index (χ4v) is 10.7. The summed E-state index contributed by atoms with van der Waals surface area (Å²) in [7, 11) is 0. The lowest BCUT2D eigenvalue weighted by atomic mass is 9.28. The Balaban J connectivity index is 1.34. The molecule has 9 rings (SSSR count). The minimum Gasteiger partial charge on any atom is -0.139 e. The third-order valence-electron chi connectivity index (χ3n) is 12.2. The number of benzene rings is 5. The summed E-state index contributed by atoms with van der Waals surface area (Å²) in [5.41, 5.74) is 20.8. The molecule has 1 unspecified atom stereocenters. The highest BCUT2D eigenvalue weighted by Gasteiger charge is 2.47. The Morgan fingerprint density at radius 2 is 1.53 bits per heavy atom. The Hall–Kier alpha value is -3.88. The third-order valence-corrected chi connectivity index (χ3v) is 13.4. The van der Waals surface area contributed by atoms with Gasteiger partial charge in [-0.25, -0.2) is 0 Å². The minimum atomic E-state index is -0.0995. The summed E-state index contributed by atoms with van der Waals surface area (Å²) < 4.78 is 1.41. The maximum Gasteiger partial charge on any atom is 0.242 e. The molecule has 2 aliphatic heterocycles. The maximum atomic E-state index is 2.63. The highest BCUT2D eigenvalue weighted by molar-refractivity contribution is 7.19. The number of unbranched alkanes of at least 4 members (excludes halogenated alkanes) is 2. The summed E-state index contributed by atoms with van der Waals surface area (Å²) in [5, 5.41) is 1.41. The minimum absolute atomic E-state index is 0.0995. The standard InChI is InChI=1S/C47H47BS/c1-6-8-11-30-17-22-43-34(24-30)28-44(49-43)45-37-19-16-31(12-9-7-2)25-41(37)48-42-23-29(3)15-21-39(42)47(4,5)40-27-33(26-38(45)46(40)48)35-14-10-13-32-18-20-36(32)35/h10,13-17,19,21-28,45H,6-9,11-12,18,20H2,1-5H3. The Morgan fingerprint density at radius 3 is 2.31 bits per heavy atom. The van der Waals surface area contributed by atoms with Crippen LogP contribution in [-0.2, 0) is 31.1 Å². The first-order valence-electron chi connectivity index (χ1n) is 18.9. The van der Waals surface area contributed by atoms with Crippen molar-refractivity contribution in [2.24, 2.45) is 0 Å². The van der Waals surface area contributed by atoms with E-state index in [0.717, 1.165) is 12.8 Å². The van der Waals surface area contributed by atoms with Crippen LogP contribution in [0.4, 0.5) is 0 Å². The van der Waals surface area contributed by atoms with Gasteiger partial charge < -0.3 is 0 Å². The van der Waals surface area contributed by atoms with Gasteiger partial charge in [0.25, 0.3) is 0 Å². The predicted molar refractivity (Wildman–Crippen MR) is 214 cm³/mol. The van der Waals surface area contributed by atoms with Gasteiger partial charge in [0.2, 0.25) is 6.71 Å². The second kappa shape index (κ2) is 11.9. The summed E-state index contributed by atoms with van der Waals surface area (Å²) in [6.07, 6.45) is 9.65. The lowest BCUT2D eigenvalue weighted by molar-refractivity contribution is 0.644. The molecule has 1 atom stereocenters. The average Bonchev–Trinajstić information content (AvgIpc) is 3.51. The Labute approximate surface area is 297 Å². The van der Waals surface area contributed by atoms with Crippen molar-refractivity contribution in [1.29, 1.82) is 0 Å². The van der Waals surface area contributed by atoms with Crippen molar-refractivity contribution in [3.05, 3.63) is 146 Å². The number of rotatable bonds is 8. The Bertz CT molecular complexity index is 2260. The van der Waals surface area contributed by atoms with E-state index in [1.165, 1.54) is 120 Å². The summed E-state index contributed by atoms with van der Waals surface area (Å²) in [6, 6.07) is 37.0. The smallest absolute Gasteiger partial charge is 0.139 e. The second-order valence-electron chi connectivity index (χ2n) is 15.7. The van der Waals surface area contributed by atoms with Crippen LogP contribution in [0.3, 0.4) is 0 Å². The van der Waals surface area contributed by atoms with Crippen LogP contribution in [0.2, 0.25) is 0 Å². The number of thiophene rings is 1. The number of hydrogen-bond acceptors (Lipinski definition) is 1. The molecule has 3 heterocycles. The van der Waals surface area contributed by atoms with Crippen LogP contribution in [0.15, 0.2) is 91.0 Å². The van der Waals surface area contributed by atoms with E-state index in [4.69, 9.17) is 0 Å². The number of fused-ring (bicyclic) bond motifs is 6. The molecular weight excluding hydrogens is 607 g/mol. The Morgan fingerprint density at radius 1 is 0.735 bits per heavy atom. The van der Waals surface area contributed by atoms with E-state index in [1.54, 1.807) is 11.0 Å². The van der Waals surface area contributed by atoms with Gasteiger partial charge in [0.1, 0.15) is 0 Å². The van der Waals surface area contributed by atoms with Gasteiger partial charge in [-0.05, 0) is 119 Å². The second-order valence-corrected chi connectivity index (χ2v) is 16.9. The van der Waals surface area contributed by atoms with Gasteiger partial charge in [0, 0.05) is 20.9 Å². The van der Waals surface area contributed by atoms with Gasteiger partial charge >= 0.3 is 0 Å². The van der Waals surface area contributed by atoms with Crippen molar-refractivity contribution < 1.29 is 0 Å². The molecule has 0 saturated carbocycles. The van der Waals surface area contributed by atoms with Gasteiger partial charge in [0.05, 0.1) is 0 Å². The highest BCUT2D eigenvalue weighted by Crippen LogP contribution is 2.46. The van der Waals surface area contributed by atoms with E-state index in [2.05, 4.69) is 126 Å². The van der Waals surface area contributed by atoms with Gasteiger partial charge in [-0.1, -0.05) is 141 Å². The van der Waals surface area contributed by atoms with Crippen LogP contribution >= 0.6 is 11.3 Å². The van der Waals surface area contributed by atoms with Crippen LogP contribution in [0.25, 0.3) is 21.2 Å². The van der Waals surface area contributed by atoms with Gasteiger partial charge in [-0.15, -0.1) is 11.3 Å². The summed E-state index contributed by atoms with van der Waals surface area (Å²) in [5.74, 6) is 0.216. The van der Waals surface area contributed by atoms with Crippen molar-refractivity contribution in [2.75, 3.05) is 0 Å². The molecule has 0 radical (unpaired) electrons. The van der Waals surface area contributed by atoms with Crippen molar-refractivity contribution >= 4 is 44.5 Å². The van der Waals surface area contributed by atoms with Crippen molar-refractivity contribution in [2.45, 2.75) is 97.3 Å². The molecule has 2 heteroatoms. The molecular formula is C47H47BS. The molecule has 1 aliphatic carbocycles. The highest BCUT2D eigenvalue weighted by atomic mass is 32.1. The van der Waals surface area contributed by atoms with Gasteiger partial charge in [0.15, 0.2) is 0 Å². The van der Waals surface area contributed by atoms with Crippen molar-refractivity contribution in [1.82, 2.24) is 0 Å². The predicted octanol–water partition coefficient (Wildman–Crippen LogP) is 10.3. The van der Waals surface area contributed by atoms with Crippen LogP contribution < -0.4 is 16.4 Å². The van der Waals surface area contributed by atoms with Crippen molar-refractivity contribution in [3.63, 3.8) is 0 Å². The molecule has 6 aromatic rings. The summed E-state index contributed by atoms with van der Waals surface area (Å²) >= 11 is 2.02. The van der Waals surface area contributed by atoms with Crippen molar-refractivity contribution in [3.8, 4) is 11.1 Å². The van der Waals surface area contributed by atoms with E-state index in [1.807, 2.05) is 11.3 Å². The molecule has 3 aliphatic rings. The molecule has 0 spiro atoms. The van der Waals surface area contributed by atoms with E-state index in [9.17, 15) is 0 Å². The zero-order valence-electron chi connectivity index (χ0n) is 29.9. The van der Waals surface area contributed by atoms with Crippen LogP contribution in [0, 0.1) is 6.92 Å². The molecule has 244 valence electrons. The first-order valence-corrected chi connectivity index (χ1v) is 19.7. The zero-order valence-corrected chi connectivity index (χ0v) is 30.7. The lowest BCUT2D eigenvalue weighted by Gasteiger charge is -2.44. The van der Waals surface area contributed by atoms with Gasteiger partial charge in [-0.3, -0.25) is 0 Å². The van der Waals surface area contributed by atoms with E-state index in [0.29, 0.717) is 0 Å². The average molecular weight is 655 g/mol. The molecule has 0 N–H and O–H groups in total. The number of hydrogen-bond donors (Lipinski definition) is 0. The van der Waals surface area contributed by atoms with E-state index >= 15 is 0 Å². The fourth-order valence-electron chi connectivity index (χ4n) is 9.48. The molecule has 0 saturated heterocycles. The molecule has 0 fully saturated rings. The normalized spacial score (nSPS) is 16.5. The van der Waals surface area contributed by atoms with Crippen LogP contribution in [0.5, 0.6) is 0 Å². The first kappa shape index (κ1) is 31.1. The quantitative estimate of drug-likeness (QED) is 0.143. The van der Waals surface area contributed by atoms with E-state index < -0.39 is 0 Å². The SMILES string of the molecule is CCCCc1ccc2c(c1)B1c3cc(C)ccc3C(C)(C)c3cc(-c4cccc5c4CC5)cc(c31)C2c1cc2cc(CCCC)ccc2s1. The zero-order chi connectivity index (χ0) is 33.4. The summed E-state index contributed by atoms with van der Waals surface area (Å²) in [6.45, 7) is 12.1. The molecule has 1 aromatic heterocycles.